The van der Waals surface area contributed by atoms with Crippen molar-refractivity contribution >= 4 is 11.2 Å². The van der Waals surface area contributed by atoms with E-state index in [0.717, 1.165) is 49.6 Å². The molecular formula is C16H23N3O. The number of ether oxygens (including phenoxy) is 1. The lowest BCUT2D eigenvalue weighted by Crippen LogP contribution is -2.19. The van der Waals surface area contributed by atoms with Gasteiger partial charge in [-0.05, 0) is 29.9 Å². The number of pyridine rings is 1. The van der Waals surface area contributed by atoms with Gasteiger partial charge in [0, 0.05) is 32.4 Å². The molecule has 0 saturated carbocycles. The number of hydrogen-bond donors (Lipinski definition) is 0. The van der Waals surface area contributed by atoms with E-state index in [0.29, 0.717) is 5.92 Å². The van der Waals surface area contributed by atoms with E-state index in [1.165, 1.54) is 0 Å². The number of rotatable bonds is 3. The average Bonchev–Trinajstić information content (AvgIpc) is 2.98. The van der Waals surface area contributed by atoms with Crippen molar-refractivity contribution in [1.29, 1.82) is 0 Å². The van der Waals surface area contributed by atoms with Gasteiger partial charge in [-0.1, -0.05) is 20.8 Å². The SMILES string of the molecule is CC(C)(C)Cn1c(CC2CCOC2)nc2cccnc21. The molecule has 0 aromatic carbocycles. The first-order chi connectivity index (χ1) is 9.53. The monoisotopic (exact) mass is 273 g/mol. The summed E-state index contributed by atoms with van der Waals surface area (Å²) >= 11 is 0. The second-order valence-corrected chi connectivity index (χ2v) is 6.95. The predicted octanol–water partition coefficient (Wildman–Crippen LogP) is 3.06. The molecule has 1 atom stereocenters. The van der Waals surface area contributed by atoms with Crippen molar-refractivity contribution in [1.82, 2.24) is 14.5 Å². The van der Waals surface area contributed by atoms with Crippen LogP contribution in [0.25, 0.3) is 11.2 Å². The number of imidazole rings is 1. The van der Waals surface area contributed by atoms with Crippen LogP contribution in [0.15, 0.2) is 18.3 Å². The van der Waals surface area contributed by atoms with Crippen LogP contribution in [0.1, 0.15) is 33.0 Å². The Bertz CT molecular complexity index is 591. The fourth-order valence-electron chi connectivity index (χ4n) is 2.80. The van der Waals surface area contributed by atoms with Gasteiger partial charge in [0.05, 0.1) is 0 Å². The van der Waals surface area contributed by atoms with E-state index in [2.05, 4.69) is 36.4 Å². The van der Waals surface area contributed by atoms with Crippen LogP contribution in [0, 0.1) is 11.3 Å². The van der Waals surface area contributed by atoms with Crippen molar-refractivity contribution in [3.8, 4) is 0 Å². The van der Waals surface area contributed by atoms with Gasteiger partial charge in [0.25, 0.3) is 0 Å². The Morgan fingerprint density at radius 1 is 1.40 bits per heavy atom. The molecule has 2 aromatic heterocycles. The highest BCUT2D eigenvalue weighted by Crippen LogP contribution is 2.25. The van der Waals surface area contributed by atoms with Crippen LogP contribution in [0.5, 0.6) is 0 Å². The van der Waals surface area contributed by atoms with Crippen molar-refractivity contribution in [3.05, 3.63) is 24.2 Å². The van der Waals surface area contributed by atoms with Gasteiger partial charge in [-0.15, -0.1) is 0 Å². The number of nitrogens with zero attached hydrogens (tertiary/aromatic N) is 3. The van der Waals surface area contributed by atoms with Gasteiger partial charge in [-0.2, -0.15) is 0 Å². The molecule has 108 valence electrons. The Labute approximate surface area is 120 Å². The van der Waals surface area contributed by atoms with Crippen molar-refractivity contribution in [2.45, 2.75) is 40.2 Å². The van der Waals surface area contributed by atoms with E-state index in [-0.39, 0.29) is 5.41 Å². The summed E-state index contributed by atoms with van der Waals surface area (Å²) in [6, 6.07) is 4.01. The fourth-order valence-corrected chi connectivity index (χ4v) is 2.80. The molecule has 0 aliphatic carbocycles. The molecule has 1 saturated heterocycles. The first-order valence-electron chi connectivity index (χ1n) is 7.41. The van der Waals surface area contributed by atoms with Crippen molar-refractivity contribution in [3.63, 3.8) is 0 Å². The predicted molar refractivity (Wildman–Crippen MR) is 79.6 cm³/mol. The quantitative estimate of drug-likeness (QED) is 0.863. The summed E-state index contributed by atoms with van der Waals surface area (Å²) in [7, 11) is 0. The van der Waals surface area contributed by atoms with Crippen LogP contribution >= 0.6 is 0 Å². The van der Waals surface area contributed by atoms with Crippen LogP contribution < -0.4 is 0 Å². The minimum Gasteiger partial charge on any atom is -0.381 e. The summed E-state index contributed by atoms with van der Waals surface area (Å²) in [6.07, 6.45) is 3.99. The zero-order valence-corrected chi connectivity index (χ0v) is 12.6. The highest BCUT2D eigenvalue weighted by Gasteiger charge is 2.22. The van der Waals surface area contributed by atoms with Crippen LogP contribution in [0.3, 0.4) is 0 Å². The summed E-state index contributed by atoms with van der Waals surface area (Å²) in [5, 5.41) is 0. The molecular weight excluding hydrogens is 250 g/mol. The first kappa shape index (κ1) is 13.6. The smallest absolute Gasteiger partial charge is 0.160 e. The van der Waals surface area contributed by atoms with Crippen LogP contribution in [0.4, 0.5) is 0 Å². The normalized spacial score (nSPS) is 19.9. The summed E-state index contributed by atoms with van der Waals surface area (Å²) < 4.78 is 7.79. The number of aromatic nitrogens is 3. The minimum absolute atomic E-state index is 0.214. The third-order valence-electron chi connectivity index (χ3n) is 3.71. The molecule has 20 heavy (non-hydrogen) atoms. The molecule has 0 spiro atoms. The van der Waals surface area contributed by atoms with Crippen molar-refractivity contribution in [2.75, 3.05) is 13.2 Å². The highest BCUT2D eigenvalue weighted by molar-refractivity contribution is 5.71. The molecule has 3 rings (SSSR count). The van der Waals surface area contributed by atoms with E-state index in [9.17, 15) is 0 Å². The largest absolute Gasteiger partial charge is 0.381 e. The molecule has 0 bridgehead atoms. The second kappa shape index (κ2) is 5.17. The maximum atomic E-state index is 5.49. The molecule has 4 nitrogen and oxygen atoms in total. The van der Waals surface area contributed by atoms with Gasteiger partial charge in [-0.3, -0.25) is 0 Å². The van der Waals surface area contributed by atoms with Crippen LogP contribution in [-0.4, -0.2) is 27.7 Å². The van der Waals surface area contributed by atoms with Gasteiger partial charge in [0.15, 0.2) is 5.65 Å². The molecule has 0 amide bonds. The Balaban J connectivity index is 1.98. The van der Waals surface area contributed by atoms with Crippen molar-refractivity contribution in [2.24, 2.45) is 11.3 Å². The molecule has 1 aliphatic rings. The van der Waals surface area contributed by atoms with Crippen molar-refractivity contribution < 1.29 is 4.74 Å². The third-order valence-corrected chi connectivity index (χ3v) is 3.71. The lowest BCUT2D eigenvalue weighted by Gasteiger charge is -2.21. The van der Waals surface area contributed by atoms with Crippen LogP contribution in [-0.2, 0) is 17.7 Å². The van der Waals surface area contributed by atoms with Gasteiger partial charge in [0.1, 0.15) is 11.3 Å². The van der Waals surface area contributed by atoms with Gasteiger partial charge in [-0.25, -0.2) is 9.97 Å². The third kappa shape index (κ3) is 2.85. The maximum Gasteiger partial charge on any atom is 0.160 e. The number of hydrogen-bond acceptors (Lipinski definition) is 3. The van der Waals surface area contributed by atoms with Gasteiger partial charge >= 0.3 is 0 Å². The molecule has 2 aromatic rings. The van der Waals surface area contributed by atoms with Crippen LogP contribution in [0.2, 0.25) is 0 Å². The first-order valence-corrected chi connectivity index (χ1v) is 7.41. The molecule has 1 fully saturated rings. The van der Waals surface area contributed by atoms with Gasteiger partial charge < -0.3 is 9.30 Å². The summed E-state index contributed by atoms with van der Waals surface area (Å²) in [4.78, 5) is 9.33. The van der Waals surface area contributed by atoms with E-state index in [4.69, 9.17) is 9.72 Å². The molecule has 0 N–H and O–H groups in total. The summed E-state index contributed by atoms with van der Waals surface area (Å²) in [5.74, 6) is 1.76. The second-order valence-electron chi connectivity index (χ2n) is 6.95. The summed E-state index contributed by atoms with van der Waals surface area (Å²) in [5.41, 5.74) is 2.23. The lowest BCUT2D eigenvalue weighted by molar-refractivity contribution is 0.185. The fraction of sp³-hybridized carbons (Fsp3) is 0.625. The average molecular weight is 273 g/mol. The van der Waals surface area contributed by atoms with E-state index < -0.39 is 0 Å². The molecule has 1 aliphatic heterocycles. The maximum absolute atomic E-state index is 5.49. The molecule has 1 unspecified atom stereocenters. The zero-order valence-electron chi connectivity index (χ0n) is 12.6. The summed E-state index contributed by atoms with van der Waals surface area (Å²) in [6.45, 7) is 9.47. The molecule has 3 heterocycles. The Morgan fingerprint density at radius 3 is 2.95 bits per heavy atom. The van der Waals surface area contributed by atoms with E-state index in [1.54, 1.807) is 0 Å². The molecule has 0 radical (unpaired) electrons. The zero-order chi connectivity index (χ0) is 14.2. The highest BCUT2D eigenvalue weighted by atomic mass is 16.5. The minimum atomic E-state index is 0.214. The standard InChI is InChI=1S/C16H23N3O/c1-16(2,3)11-19-14(9-12-6-8-20-10-12)18-13-5-4-7-17-15(13)19/h4-5,7,12H,6,8-11H2,1-3H3. The van der Waals surface area contributed by atoms with E-state index >= 15 is 0 Å². The Morgan fingerprint density at radius 2 is 2.25 bits per heavy atom. The Kier molecular flexibility index (Phi) is 3.50. The topological polar surface area (TPSA) is 39.9 Å². The lowest BCUT2D eigenvalue weighted by atomic mass is 9.96. The van der Waals surface area contributed by atoms with E-state index in [1.807, 2.05) is 12.3 Å². The van der Waals surface area contributed by atoms with Gasteiger partial charge in [0.2, 0.25) is 0 Å². The number of fused-ring (bicyclic) bond motifs is 1. The molecule has 4 heteroatoms. The Hall–Kier alpha value is -1.42.